The van der Waals surface area contributed by atoms with E-state index < -0.39 is 0 Å². The minimum atomic E-state index is -0.260. The van der Waals surface area contributed by atoms with Crippen molar-refractivity contribution < 1.29 is 9.18 Å². The zero-order valence-electron chi connectivity index (χ0n) is 14.5. The summed E-state index contributed by atoms with van der Waals surface area (Å²) in [6, 6.07) is 14.2. The summed E-state index contributed by atoms with van der Waals surface area (Å²) >= 11 is 1.52. The van der Waals surface area contributed by atoms with Crippen LogP contribution in [0.2, 0.25) is 0 Å². The summed E-state index contributed by atoms with van der Waals surface area (Å²) in [5.41, 5.74) is 1.60. The van der Waals surface area contributed by atoms with Crippen molar-refractivity contribution in [3.63, 3.8) is 0 Å². The Morgan fingerprint density at radius 2 is 2.04 bits per heavy atom. The molecule has 1 aliphatic rings. The molecule has 8 heteroatoms. The third-order valence-corrected chi connectivity index (χ3v) is 5.22. The second kappa shape index (κ2) is 7.87. The van der Waals surface area contributed by atoms with E-state index in [-0.39, 0.29) is 11.7 Å². The van der Waals surface area contributed by atoms with Gasteiger partial charge in [-0.2, -0.15) is 0 Å². The lowest BCUT2D eigenvalue weighted by Gasteiger charge is -2.08. The molecule has 0 atom stereocenters. The number of amides is 1. The van der Waals surface area contributed by atoms with Crippen LogP contribution in [0.25, 0.3) is 11.4 Å². The number of halogens is 1. The molecule has 27 heavy (non-hydrogen) atoms. The number of rotatable bonds is 7. The number of tetrazole rings is 1. The second-order valence-corrected chi connectivity index (χ2v) is 7.53. The maximum Gasteiger partial charge on any atom is 0.225 e. The van der Waals surface area contributed by atoms with E-state index in [9.17, 15) is 9.18 Å². The molecule has 0 unspecified atom stereocenters. The maximum atomic E-state index is 12.9. The number of carbonyl (C=O) groups excluding carboxylic acids is 1. The van der Waals surface area contributed by atoms with Crippen LogP contribution in [-0.4, -0.2) is 31.9 Å². The Morgan fingerprint density at radius 3 is 2.81 bits per heavy atom. The number of nitrogens with one attached hydrogen (secondary N) is 1. The highest BCUT2D eigenvalue weighted by atomic mass is 32.2. The fraction of sp³-hybridized carbons (Fsp3) is 0.263. The quantitative estimate of drug-likeness (QED) is 0.626. The Kier molecular flexibility index (Phi) is 5.15. The van der Waals surface area contributed by atoms with Gasteiger partial charge in [0, 0.05) is 28.3 Å². The first-order valence-electron chi connectivity index (χ1n) is 8.75. The van der Waals surface area contributed by atoms with Crippen LogP contribution < -0.4 is 5.32 Å². The summed E-state index contributed by atoms with van der Waals surface area (Å²) in [4.78, 5) is 13.2. The summed E-state index contributed by atoms with van der Waals surface area (Å²) < 4.78 is 14.7. The molecule has 6 nitrogen and oxygen atoms in total. The van der Waals surface area contributed by atoms with Gasteiger partial charge in [-0.3, -0.25) is 4.79 Å². The zero-order chi connectivity index (χ0) is 18.6. The highest BCUT2D eigenvalue weighted by Gasteiger charge is 2.28. The van der Waals surface area contributed by atoms with E-state index in [1.807, 2.05) is 28.9 Å². The molecule has 3 aromatic rings. The first kappa shape index (κ1) is 17.7. The van der Waals surface area contributed by atoms with Crippen LogP contribution >= 0.6 is 11.8 Å². The largest absolute Gasteiger partial charge is 0.326 e. The molecule has 1 amide bonds. The van der Waals surface area contributed by atoms with E-state index in [2.05, 4.69) is 20.8 Å². The van der Waals surface area contributed by atoms with Crippen molar-refractivity contribution >= 4 is 23.4 Å². The van der Waals surface area contributed by atoms with E-state index in [1.54, 1.807) is 12.1 Å². The summed E-state index contributed by atoms with van der Waals surface area (Å²) in [6.07, 6.45) is 2.56. The van der Waals surface area contributed by atoms with Crippen molar-refractivity contribution in [3.8, 4) is 11.4 Å². The Balaban J connectivity index is 1.34. The van der Waals surface area contributed by atoms with E-state index in [4.69, 9.17) is 0 Å². The molecule has 1 N–H and O–H groups in total. The molecule has 0 aliphatic heterocycles. The molecular formula is C19H18FN5OS. The lowest BCUT2D eigenvalue weighted by atomic mass is 10.2. The molecular weight excluding hydrogens is 365 g/mol. The molecule has 0 bridgehead atoms. The van der Waals surface area contributed by atoms with Crippen molar-refractivity contribution in [1.82, 2.24) is 20.2 Å². The van der Waals surface area contributed by atoms with Crippen LogP contribution in [-0.2, 0) is 4.79 Å². The Hall–Kier alpha value is -2.74. The molecule has 1 saturated carbocycles. The number of carbonyl (C=O) groups is 1. The third kappa shape index (κ3) is 4.51. The molecule has 1 fully saturated rings. The van der Waals surface area contributed by atoms with Crippen LogP contribution in [0.1, 0.15) is 25.3 Å². The fourth-order valence-electron chi connectivity index (χ4n) is 2.70. The van der Waals surface area contributed by atoms with Gasteiger partial charge in [-0.25, -0.2) is 9.07 Å². The van der Waals surface area contributed by atoms with E-state index in [0.717, 1.165) is 34.8 Å². The first-order valence-corrected chi connectivity index (χ1v) is 9.74. The Labute approximate surface area is 160 Å². The average molecular weight is 383 g/mol. The van der Waals surface area contributed by atoms with Crippen molar-refractivity contribution in [2.24, 2.45) is 0 Å². The second-order valence-electron chi connectivity index (χ2n) is 6.36. The summed E-state index contributed by atoms with van der Waals surface area (Å²) in [5, 5.41) is 14.9. The summed E-state index contributed by atoms with van der Waals surface area (Å²) in [5.74, 6) is 1.02. The lowest BCUT2D eigenvalue weighted by Crippen LogP contribution is -2.12. The standard InChI is InChI=1S/C19H18FN5OS/c20-14-4-8-17(9-5-14)27-11-10-18(26)21-15-3-1-2-13(12-15)19-22-23-24-25(19)16-6-7-16/h1-5,8-9,12,16H,6-7,10-11H2,(H,21,26). The van der Waals surface area contributed by atoms with Crippen LogP contribution in [0, 0.1) is 5.82 Å². The number of aromatic nitrogens is 4. The van der Waals surface area contributed by atoms with Crippen LogP contribution in [0.15, 0.2) is 53.4 Å². The third-order valence-electron chi connectivity index (χ3n) is 4.20. The van der Waals surface area contributed by atoms with E-state index in [0.29, 0.717) is 18.2 Å². The SMILES string of the molecule is O=C(CCSc1ccc(F)cc1)Nc1cccc(-c2nnnn2C2CC2)c1. The molecule has 0 spiro atoms. The van der Waals surface area contributed by atoms with Gasteiger partial charge < -0.3 is 5.32 Å². The molecule has 1 heterocycles. The van der Waals surface area contributed by atoms with Crippen LogP contribution in [0.3, 0.4) is 0 Å². The maximum absolute atomic E-state index is 12.9. The van der Waals surface area contributed by atoms with Gasteiger partial charge in [0.05, 0.1) is 6.04 Å². The predicted octanol–water partition coefficient (Wildman–Crippen LogP) is 3.94. The lowest BCUT2D eigenvalue weighted by molar-refractivity contribution is -0.115. The smallest absolute Gasteiger partial charge is 0.225 e. The Bertz CT molecular complexity index is 939. The topological polar surface area (TPSA) is 72.7 Å². The molecule has 0 saturated heterocycles. The molecule has 1 aliphatic carbocycles. The number of anilines is 1. The number of hydrogen-bond acceptors (Lipinski definition) is 5. The average Bonchev–Trinajstić information content (AvgIpc) is 3.40. The molecule has 4 rings (SSSR count). The van der Waals surface area contributed by atoms with Gasteiger partial charge in [0.2, 0.25) is 5.91 Å². The molecule has 1 aromatic heterocycles. The van der Waals surface area contributed by atoms with Crippen molar-refractivity contribution in [2.75, 3.05) is 11.1 Å². The summed E-state index contributed by atoms with van der Waals surface area (Å²) in [7, 11) is 0. The molecule has 138 valence electrons. The van der Waals surface area contributed by atoms with E-state index in [1.165, 1.54) is 23.9 Å². The van der Waals surface area contributed by atoms with Gasteiger partial charge >= 0.3 is 0 Å². The first-order chi connectivity index (χ1) is 13.2. The van der Waals surface area contributed by atoms with Gasteiger partial charge in [0.1, 0.15) is 5.82 Å². The number of thioether (sulfide) groups is 1. The minimum absolute atomic E-state index is 0.0662. The summed E-state index contributed by atoms with van der Waals surface area (Å²) in [6.45, 7) is 0. The van der Waals surface area contributed by atoms with Crippen LogP contribution in [0.5, 0.6) is 0 Å². The number of hydrogen-bond donors (Lipinski definition) is 1. The van der Waals surface area contributed by atoms with Gasteiger partial charge in [-0.1, -0.05) is 12.1 Å². The highest BCUT2D eigenvalue weighted by molar-refractivity contribution is 7.99. The number of benzene rings is 2. The predicted molar refractivity (Wildman–Crippen MR) is 102 cm³/mol. The molecule has 0 radical (unpaired) electrons. The molecule has 2 aromatic carbocycles. The van der Waals surface area contributed by atoms with Gasteiger partial charge in [-0.15, -0.1) is 16.9 Å². The van der Waals surface area contributed by atoms with Crippen molar-refractivity contribution in [3.05, 3.63) is 54.3 Å². The normalized spacial score (nSPS) is 13.5. The minimum Gasteiger partial charge on any atom is -0.326 e. The van der Waals surface area contributed by atoms with Crippen molar-refractivity contribution in [2.45, 2.75) is 30.2 Å². The van der Waals surface area contributed by atoms with Gasteiger partial charge in [-0.05, 0) is 59.7 Å². The Morgan fingerprint density at radius 1 is 1.22 bits per heavy atom. The van der Waals surface area contributed by atoms with Crippen molar-refractivity contribution in [1.29, 1.82) is 0 Å². The fourth-order valence-corrected chi connectivity index (χ4v) is 3.55. The highest BCUT2D eigenvalue weighted by Crippen LogP contribution is 2.36. The van der Waals surface area contributed by atoms with Gasteiger partial charge in [0.25, 0.3) is 0 Å². The van der Waals surface area contributed by atoms with Gasteiger partial charge in [0.15, 0.2) is 5.82 Å². The monoisotopic (exact) mass is 383 g/mol. The zero-order valence-corrected chi connectivity index (χ0v) is 15.3. The van der Waals surface area contributed by atoms with Crippen LogP contribution in [0.4, 0.5) is 10.1 Å². The van der Waals surface area contributed by atoms with E-state index >= 15 is 0 Å². The number of nitrogens with zero attached hydrogens (tertiary/aromatic N) is 4.